The second-order valence-electron chi connectivity index (χ2n) is 6.86. The Hall–Kier alpha value is -1.63. The van der Waals surface area contributed by atoms with Gasteiger partial charge in [-0.15, -0.1) is 0 Å². The summed E-state index contributed by atoms with van der Waals surface area (Å²) in [5.74, 6) is 0.643. The van der Waals surface area contributed by atoms with E-state index in [2.05, 4.69) is 20.2 Å². The number of halogens is 1. The Bertz CT molecular complexity index is 748. The lowest BCUT2D eigenvalue weighted by atomic mass is 9.92. The molecule has 1 aromatic heterocycles. The van der Waals surface area contributed by atoms with Crippen molar-refractivity contribution in [1.29, 1.82) is 0 Å². The Morgan fingerprint density at radius 2 is 1.96 bits per heavy atom. The van der Waals surface area contributed by atoms with E-state index in [1.807, 2.05) is 36.8 Å². The first-order valence-electron chi connectivity index (χ1n) is 9.25. The molecule has 144 valence electrons. The van der Waals surface area contributed by atoms with Gasteiger partial charge in [0, 0.05) is 30.9 Å². The maximum atomic E-state index is 12.2. The fourth-order valence-corrected chi connectivity index (χ4v) is 3.83. The van der Waals surface area contributed by atoms with Gasteiger partial charge in [0.15, 0.2) is 5.16 Å². The van der Waals surface area contributed by atoms with Crippen molar-refractivity contribution in [3.63, 3.8) is 0 Å². The van der Waals surface area contributed by atoms with Gasteiger partial charge in [-0.3, -0.25) is 9.69 Å². The van der Waals surface area contributed by atoms with Crippen LogP contribution in [0, 0.1) is 5.92 Å². The highest BCUT2D eigenvalue weighted by molar-refractivity contribution is 7.98. The second kappa shape index (κ2) is 10.1. The smallest absolute Gasteiger partial charge is 0.224 e. The Kier molecular flexibility index (Phi) is 7.50. The summed E-state index contributed by atoms with van der Waals surface area (Å²) in [7, 11) is 0. The number of thioether (sulfide) groups is 1. The third-order valence-corrected chi connectivity index (χ3v) is 5.81. The van der Waals surface area contributed by atoms with E-state index in [0.29, 0.717) is 23.0 Å². The van der Waals surface area contributed by atoms with Crippen LogP contribution in [-0.2, 0) is 11.3 Å². The lowest BCUT2D eigenvalue weighted by Gasteiger charge is -2.31. The highest BCUT2D eigenvalue weighted by Crippen LogP contribution is 2.24. The summed E-state index contributed by atoms with van der Waals surface area (Å²) in [6, 6.07) is 7.34. The van der Waals surface area contributed by atoms with E-state index in [1.54, 1.807) is 17.8 Å². The van der Waals surface area contributed by atoms with Gasteiger partial charge in [0.1, 0.15) is 0 Å². The molecule has 0 spiro atoms. The normalized spacial score (nSPS) is 15.6. The summed E-state index contributed by atoms with van der Waals surface area (Å²) < 4.78 is 0. The third kappa shape index (κ3) is 6.19. The molecule has 1 aliphatic heterocycles. The van der Waals surface area contributed by atoms with Crippen LogP contribution in [0.2, 0.25) is 5.02 Å². The molecule has 1 aromatic carbocycles. The van der Waals surface area contributed by atoms with Crippen LogP contribution in [0.25, 0.3) is 0 Å². The quantitative estimate of drug-likeness (QED) is 0.544. The molecule has 1 N–H and O–H groups in total. The van der Waals surface area contributed by atoms with Crippen molar-refractivity contribution in [2.75, 3.05) is 24.7 Å². The molecule has 0 bridgehead atoms. The van der Waals surface area contributed by atoms with E-state index >= 15 is 0 Å². The molecule has 1 aliphatic rings. The summed E-state index contributed by atoms with van der Waals surface area (Å²) in [5.41, 5.74) is 1.85. The van der Waals surface area contributed by atoms with Crippen LogP contribution in [0.1, 0.15) is 31.2 Å². The van der Waals surface area contributed by atoms with Crippen LogP contribution in [0.4, 0.5) is 5.69 Å². The van der Waals surface area contributed by atoms with Crippen LogP contribution in [0.5, 0.6) is 0 Å². The zero-order valence-corrected chi connectivity index (χ0v) is 17.1. The van der Waals surface area contributed by atoms with Gasteiger partial charge in [-0.2, -0.15) is 0 Å². The second-order valence-corrected chi connectivity index (χ2v) is 8.04. The largest absolute Gasteiger partial charge is 0.325 e. The van der Waals surface area contributed by atoms with Gasteiger partial charge in [0.05, 0.1) is 10.7 Å². The number of para-hydroxylation sites is 1. The predicted octanol–water partition coefficient (Wildman–Crippen LogP) is 4.48. The van der Waals surface area contributed by atoms with Gasteiger partial charge in [0.25, 0.3) is 0 Å². The molecule has 1 amide bonds. The molecule has 1 fully saturated rings. The molecule has 2 aromatic rings. The lowest BCUT2D eigenvalue weighted by Crippen LogP contribution is -2.33. The minimum Gasteiger partial charge on any atom is -0.325 e. The predicted molar refractivity (Wildman–Crippen MR) is 111 cm³/mol. The lowest BCUT2D eigenvalue weighted by molar-refractivity contribution is -0.116. The van der Waals surface area contributed by atoms with Crippen LogP contribution in [-0.4, -0.2) is 40.1 Å². The standard InChI is InChI=1S/C20H25ClN4OS/c1-27-20-22-12-16(13-23-20)14-25-10-8-15(9-11-25)6-7-19(26)24-18-5-3-2-4-17(18)21/h2-5,12-13,15H,6-11,14H2,1H3,(H,24,26). The van der Waals surface area contributed by atoms with Crippen molar-refractivity contribution in [1.82, 2.24) is 14.9 Å². The van der Waals surface area contributed by atoms with E-state index in [1.165, 1.54) is 0 Å². The topological polar surface area (TPSA) is 58.1 Å². The fourth-order valence-electron chi connectivity index (χ4n) is 3.33. The highest BCUT2D eigenvalue weighted by atomic mass is 35.5. The molecule has 27 heavy (non-hydrogen) atoms. The van der Waals surface area contributed by atoms with Crippen molar-refractivity contribution < 1.29 is 4.79 Å². The highest BCUT2D eigenvalue weighted by Gasteiger charge is 2.20. The van der Waals surface area contributed by atoms with Gasteiger partial charge in [-0.1, -0.05) is 35.5 Å². The number of piperidine rings is 1. The van der Waals surface area contributed by atoms with E-state index in [-0.39, 0.29) is 5.91 Å². The Morgan fingerprint density at radius 3 is 2.63 bits per heavy atom. The van der Waals surface area contributed by atoms with E-state index in [0.717, 1.165) is 49.6 Å². The van der Waals surface area contributed by atoms with Gasteiger partial charge in [-0.05, 0) is 56.7 Å². The van der Waals surface area contributed by atoms with Crippen molar-refractivity contribution in [2.24, 2.45) is 5.92 Å². The monoisotopic (exact) mass is 404 g/mol. The molecule has 0 atom stereocenters. The SMILES string of the molecule is CSc1ncc(CN2CCC(CCC(=O)Nc3ccccc3Cl)CC2)cn1. The molecular formula is C20H25ClN4OS. The molecule has 7 heteroatoms. The van der Waals surface area contributed by atoms with Crippen molar-refractivity contribution >= 4 is 35.0 Å². The number of hydrogen-bond acceptors (Lipinski definition) is 5. The van der Waals surface area contributed by atoms with Crippen LogP contribution < -0.4 is 5.32 Å². The number of nitrogens with zero attached hydrogens (tertiary/aromatic N) is 3. The van der Waals surface area contributed by atoms with E-state index in [9.17, 15) is 4.79 Å². The van der Waals surface area contributed by atoms with Gasteiger partial charge < -0.3 is 5.32 Å². The Labute approximate surface area is 169 Å². The maximum Gasteiger partial charge on any atom is 0.224 e. The number of carbonyl (C=O) groups is 1. The minimum absolute atomic E-state index is 0.0385. The maximum absolute atomic E-state index is 12.2. The molecule has 3 rings (SSSR count). The number of benzene rings is 1. The van der Waals surface area contributed by atoms with Crippen LogP contribution in [0.15, 0.2) is 41.8 Å². The third-order valence-electron chi connectivity index (χ3n) is 4.91. The first-order chi connectivity index (χ1) is 13.1. The molecule has 5 nitrogen and oxygen atoms in total. The van der Waals surface area contributed by atoms with Crippen molar-refractivity contribution in [2.45, 2.75) is 37.4 Å². The number of aromatic nitrogens is 2. The number of hydrogen-bond donors (Lipinski definition) is 1. The Morgan fingerprint density at radius 1 is 1.26 bits per heavy atom. The number of anilines is 1. The molecule has 0 unspecified atom stereocenters. The van der Waals surface area contributed by atoms with Crippen LogP contribution >= 0.6 is 23.4 Å². The number of nitrogens with one attached hydrogen (secondary N) is 1. The van der Waals surface area contributed by atoms with Gasteiger partial charge in [-0.25, -0.2) is 9.97 Å². The van der Waals surface area contributed by atoms with E-state index in [4.69, 9.17) is 11.6 Å². The van der Waals surface area contributed by atoms with Crippen molar-refractivity contribution in [3.8, 4) is 0 Å². The molecule has 0 aliphatic carbocycles. The summed E-state index contributed by atoms with van der Waals surface area (Å²) in [5, 5.41) is 4.29. The average Bonchev–Trinajstić information content (AvgIpc) is 2.70. The molecule has 2 heterocycles. The molecule has 0 saturated carbocycles. The summed E-state index contributed by atoms with van der Waals surface area (Å²) in [4.78, 5) is 23.3. The van der Waals surface area contributed by atoms with Crippen molar-refractivity contribution in [3.05, 3.63) is 47.2 Å². The van der Waals surface area contributed by atoms with Gasteiger partial charge >= 0.3 is 0 Å². The number of rotatable bonds is 7. The zero-order chi connectivity index (χ0) is 19.1. The van der Waals surface area contributed by atoms with E-state index < -0.39 is 0 Å². The average molecular weight is 405 g/mol. The van der Waals surface area contributed by atoms with Gasteiger partial charge in [0.2, 0.25) is 5.91 Å². The first kappa shape index (κ1) is 20.1. The summed E-state index contributed by atoms with van der Waals surface area (Å²) in [6.07, 6.45) is 9.55. The molecule has 1 saturated heterocycles. The summed E-state index contributed by atoms with van der Waals surface area (Å²) >= 11 is 7.64. The fraction of sp³-hybridized carbons (Fsp3) is 0.450. The van der Waals surface area contributed by atoms with Crippen LogP contribution in [0.3, 0.4) is 0 Å². The number of carbonyl (C=O) groups excluding carboxylic acids is 1. The number of likely N-dealkylation sites (tertiary alicyclic amines) is 1. The summed E-state index contributed by atoms with van der Waals surface area (Å²) in [6.45, 7) is 3.01. The first-order valence-corrected chi connectivity index (χ1v) is 10.9. The molecular weight excluding hydrogens is 380 g/mol. The minimum atomic E-state index is 0.0385. The number of amides is 1. The zero-order valence-electron chi connectivity index (χ0n) is 15.5. The molecule has 0 radical (unpaired) electrons. The Balaban J connectivity index is 1.37.